The van der Waals surface area contributed by atoms with Crippen molar-refractivity contribution in [1.82, 2.24) is 14.9 Å². The van der Waals surface area contributed by atoms with Gasteiger partial charge < -0.3 is 15.4 Å². The summed E-state index contributed by atoms with van der Waals surface area (Å²) in [7, 11) is 1.47. The van der Waals surface area contributed by atoms with Crippen LogP contribution in [-0.2, 0) is 23.1 Å². The first kappa shape index (κ1) is 22.7. The summed E-state index contributed by atoms with van der Waals surface area (Å²) in [5, 5.41) is 6.48. The molecular weight excluding hydrogens is 388 g/mol. The molecule has 8 heteroatoms. The van der Waals surface area contributed by atoms with Crippen LogP contribution in [0.2, 0.25) is 0 Å². The molecule has 0 amide bonds. The number of nitrogens with zero attached hydrogens (tertiary/aromatic N) is 2. The van der Waals surface area contributed by atoms with Crippen molar-refractivity contribution in [1.29, 1.82) is 0 Å². The predicted molar refractivity (Wildman–Crippen MR) is 117 cm³/mol. The van der Waals surface area contributed by atoms with Crippen molar-refractivity contribution < 1.29 is 13.2 Å². The number of guanidine groups is 1. The number of ether oxygens (including phenoxy) is 1. The highest BCUT2D eigenvalue weighted by atomic mass is 32.2. The molecule has 0 saturated heterocycles. The molecule has 158 valence electrons. The highest BCUT2D eigenvalue weighted by molar-refractivity contribution is 7.89. The number of aliphatic imine (C=N–C) groups is 1. The van der Waals surface area contributed by atoms with Crippen molar-refractivity contribution in [2.45, 2.75) is 37.9 Å². The molecule has 0 bridgehead atoms. The van der Waals surface area contributed by atoms with Crippen LogP contribution >= 0.6 is 0 Å². The van der Waals surface area contributed by atoms with Gasteiger partial charge >= 0.3 is 0 Å². The molecule has 2 N–H and O–H groups in total. The van der Waals surface area contributed by atoms with Gasteiger partial charge in [0.15, 0.2) is 5.96 Å². The van der Waals surface area contributed by atoms with E-state index in [9.17, 15) is 8.42 Å². The second-order valence-corrected chi connectivity index (χ2v) is 8.89. The first-order chi connectivity index (χ1) is 13.8. The molecule has 2 rings (SSSR count). The van der Waals surface area contributed by atoms with Crippen molar-refractivity contribution in [3.05, 3.63) is 59.7 Å². The van der Waals surface area contributed by atoms with Crippen molar-refractivity contribution >= 4 is 16.0 Å². The molecule has 7 nitrogen and oxygen atoms in total. The van der Waals surface area contributed by atoms with E-state index in [4.69, 9.17) is 4.74 Å². The van der Waals surface area contributed by atoms with Crippen LogP contribution in [0.5, 0.6) is 5.75 Å². The summed E-state index contributed by atoms with van der Waals surface area (Å²) in [6.45, 7) is 4.83. The Morgan fingerprint density at radius 2 is 1.69 bits per heavy atom. The molecule has 0 spiro atoms. The van der Waals surface area contributed by atoms with Crippen LogP contribution in [0.25, 0.3) is 0 Å². The fourth-order valence-corrected chi connectivity index (χ4v) is 3.97. The Bertz CT molecular complexity index is 925. The molecule has 0 unspecified atom stereocenters. The summed E-state index contributed by atoms with van der Waals surface area (Å²) < 4.78 is 31.7. The number of sulfonamides is 1. The van der Waals surface area contributed by atoms with Gasteiger partial charge in [-0.2, -0.15) is 4.31 Å². The molecule has 2 aromatic carbocycles. The molecule has 0 atom stereocenters. The zero-order chi connectivity index (χ0) is 21.4. The number of hydrogen-bond acceptors (Lipinski definition) is 4. The van der Waals surface area contributed by atoms with Crippen molar-refractivity contribution in [2.75, 3.05) is 21.2 Å². The van der Waals surface area contributed by atoms with E-state index in [0.29, 0.717) is 19.0 Å². The van der Waals surface area contributed by atoms with Crippen LogP contribution in [-0.4, -0.2) is 45.9 Å². The van der Waals surface area contributed by atoms with Crippen LogP contribution in [0.3, 0.4) is 0 Å². The first-order valence-electron chi connectivity index (χ1n) is 9.42. The lowest BCUT2D eigenvalue weighted by atomic mass is 10.2. The molecule has 29 heavy (non-hydrogen) atoms. The van der Waals surface area contributed by atoms with E-state index in [1.165, 1.54) is 4.31 Å². The van der Waals surface area contributed by atoms with Gasteiger partial charge in [0.2, 0.25) is 10.0 Å². The largest absolute Gasteiger partial charge is 0.497 e. The fourth-order valence-electron chi connectivity index (χ4n) is 2.60. The Morgan fingerprint density at radius 1 is 1.07 bits per heavy atom. The van der Waals surface area contributed by atoms with Gasteiger partial charge in [-0.15, -0.1) is 0 Å². The van der Waals surface area contributed by atoms with E-state index in [-0.39, 0.29) is 10.9 Å². The van der Waals surface area contributed by atoms with E-state index < -0.39 is 10.0 Å². The normalized spacial score (nSPS) is 12.3. The highest BCUT2D eigenvalue weighted by Crippen LogP contribution is 2.17. The van der Waals surface area contributed by atoms with Crippen molar-refractivity contribution in [2.24, 2.45) is 4.99 Å². The summed E-state index contributed by atoms with van der Waals surface area (Å²) in [6, 6.07) is 14.6. The lowest BCUT2D eigenvalue weighted by Gasteiger charge is -2.21. The number of methoxy groups -OCH3 is 1. The second-order valence-electron chi connectivity index (χ2n) is 6.89. The molecule has 0 aromatic heterocycles. The Hall–Kier alpha value is -2.58. The minimum Gasteiger partial charge on any atom is -0.497 e. The molecule has 0 aliphatic rings. The Balaban J connectivity index is 1.94. The lowest BCUT2D eigenvalue weighted by molar-refractivity contribution is 0.410. The number of benzene rings is 2. The molecule has 0 radical (unpaired) electrons. The van der Waals surface area contributed by atoms with E-state index in [0.717, 1.165) is 16.9 Å². The van der Waals surface area contributed by atoms with Gasteiger partial charge in [-0.05, 0) is 49.2 Å². The monoisotopic (exact) mass is 418 g/mol. The average Bonchev–Trinajstić information content (AvgIpc) is 2.73. The maximum absolute atomic E-state index is 12.5. The van der Waals surface area contributed by atoms with Crippen molar-refractivity contribution in [3.8, 4) is 5.75 Å². The van der Waals surface area contributed by atoms with Crippen LogP contribution < -0.4 is 15.4 Å². The molecule has 0 aliphatic heterocycles. The van der Waals surface area contributed by atoms with Crippen LogP contribution in [0, 0.1) is 0 Å². The topological polar surface area (TPSA) is 83.0 Å². The maximum Gasteiger partial charge on any atom is 0.243 e. The average molecular weight is 419 g/mol. The summed E-state index contributed by atoms with van der Waals surface area (Å²) in [6.07, 6.45) is 0. The number of rotatable bonds is 8. The van der Waals surface area contributed by atoms with Gasteiger partial charge in [0.25, 0.3) is 0 Å². The summed E-state index contributed by atoms with van der Waals surface area (Å²) in [5.74, 6) is 1.47. The lowest BCUT2D eigenvalue weighted by Crippen LogP contribution is -2.36. The third kappa shape index (κ3) is 6.20. The van der Waals surface area contributed by atoms with Gasteiger partial charge in [0, 0.05) is 33.2 Å². The maximum atomic E-state index is 12.5. The van der Waals surface area contributed by atoms with Gasteiger partial charge in [-0.3, -0.25) is 4.99 Å². The fraction of sp³-hybridized carbons (Fsp3) is 0.381. The Morgan fingerprint density at radius 3 is 2.24 bits per heavy atom. The summed E-state index contributed by atoms with van der Waals surface area (Å²) in [5.41, 5.74) is 2.04. The van der Waals surface area contributed by atoms with Crippen LogP contribution in [0.1, 0.15) is 25.0 Å². The van der Waals surface area contributed by atoms with Crippen molar-refractivity contribution in [3.63, 3.8) is 0 Å². The standard InChI is InChI=1S/C21H30N4O3S/c1-16(2)25(4)29(26,27)20-11-9-17(10-12-20)14-23-21(22-3)24-15-18-7-6-8-19(13-18)28-5/h6-13,16H,14-15H2,1-5H3,(H2,22,23,24). The molecule has 2 aromatic rings. The minimum atomic E-state index is -3.47. The third-order valence-corrected chi connectivity index (χ3v) is 6.65. The van der Waals surface area contributed by atoms with E-state index in [1.54, 1.807) is 33.3 Å². The number of nitrogens with one attached hydrogen (secondary N) is 2. The molecule has 0 aliphatic carbocycles. The van der Waals surface area contributed by atoms with Gasteiger partial charge in [0.1, 0.15) is 5.75 Å². The zero-order valence-corrected chi connectivity index (χ0v) is 18.5. The smallest absolute Gasteiger partial charge is 0.243 e. The highest BCUT2D eigenvalue weighted by Gasteiger charge is 2.22. The number of hydrogen-bond donors (Lipinski definition) is 2. The van der Waals surface area contributed by atoms with Crippen LogP contribution in [0.15, 0.2) is 58.4 Å². The summed E-state index contributed by atoms with van der Waals surface area (Å²) >= 11 is 0. The van der Waals surface area contributed by atoms with E-state index in [1.807, 2.05) is 50.2 Å². The SMILES string of the molecule is CN=C(NCc1ccc(S(=O)(=O)N(C)C(C)C)cc1)NCc1cccc(OC)c1. The second kappa shape index (κ2) is 10.3. The molecule has 0 fully saturated rings. The minimum absolute atomic E-state index is 0.0969. The van der Waals surface area contributed by atoms with E-state index in [2.05, 4.69) is 15.6 Å². The van der Waals surface area contributed by atoms with Gasteiger partial charge in [-0.25, -0.2) is 8.42 Å². The van der Waals surface area contributed by atoms with Gasteiger partial charge in [-0.1, -0.05) is 24.3 Å². The van der Waals surface area contributed by atoms with Gasteiger partial charge in [0.05, 0.1) is 12.0 Å². The zero-order valence-electron chi connectivity index (χ0n) is 17.6. The molecule has 0 heterocycles. The Labute approximate surface area is 173 Å². The first-order valence-corrected chi connectivity index (χ1v) is 10.9. The van der Waals surface area contributed by atoms with Crippen LogP contribution in [0.4, 0.5) is 0 Å². The Kier molecular flexibility index (Phi) is 8.04. The predicted octanol–water partition coefficient (Wildman–Crippen LogP) is 2.59. The third-order valence-electron chi connectivity index (χ3n) is 4.61. The molecular formula is C21H30N4O3S. The molecule has 0 saturated carbocycles. The quantitative estimate of drug-likeness (QED) is 0.509. The summed E-state index contributed by atoms with van der Waals surface area (Å²) in [4.78, 5) is 4.51. The van der Waals surface area contributed by atoms with E-state index >= 15 is 0 Å².